The van der Waals surface area contributed by atoms with Crippen LogP contribution in [-0.2, 0) is 17.9 Å². The van der Waals surface area contributed by atoms with E-state index in [1.807, 2.05) is 11.0 Å². The molecule has 0 saturated heterocycles. The van der Waals surface area contributed by atoms with Crippen LogP contribution < -0.4 is 0 Å². The van der Waals surface area contributed by atoms with Crippen LogP contribution in [0.1, 0.15) is 101 Å². The number of carbonyl (C=O) groups excluding carboxylic acids is 1. The van der Waals surface area contributed by atoms with E-state index < -0.39 is 0 Å². The lowest BCUT2D eigenvalue weighted by Gasteiger charge is -2.22. The Kier molecular flexibility index (Phi) is 13.4. The molecule has 0 aliphatic rings. The second kappa shape index (κ2) is 16.3. The summed E-state index contributed by atoms with van der Waals surface area (Å²) in [6.45, 7) is 10.3. The van der Waals surface area contributed by atoms with Crippen LogP contribution in [-0.4, -0.2) is 21.9 Å². The zero-order valence-electron chi connectivity index (χ0n) is 21.2. The minimum Gasteiger partial charge on any atom is -0.345 e. The Morgan fingerprint density at radius 2 is 1.61 bits per heavy atom. The average Bonchev–Trinajstić information content (AvgIpc) is 3.23. The van der Waals surface area contributed by atoms with Crippen molar-refractivity contribution in [2.45, 2.75) is 104 Å². The summed E-state index contributed by atoms with van der Waals surface area (Å²) in [7, 11) is 0. The number of carbonyl (C=O) groups is 1. The molecular weight excluding hydrogens is 404 g/mol. The van der Waals surface area contributed by atoms with Crippen LogP contribution in [0.3, 0.4) is 0 Å². The molecule has 3 nitrogen and oxygen atoms in total. The molecule has 0 bridgehead atoms. The van der Waals surface area contributed by atoms with Crippen LogP contribution in [0.15, 0.2) is 55.3 Å². The Morgan fingerprint density at radius 1 is 0.939 bits per heavy atom. The van der Waals surface area contributed by atoms with E-state index in [1.54, 1.807) is 0 Å². The Hall–Kier alpha value is -2.29. The van der Waals surface area contributed by atoms with Gasteiger partial charge in [-0.1, -0.05) is 107 Å². The molecule has 0 unspecified atom stereocenters. The van der Waals surface area contributed by atoms with Gasteiger partial charge in [-0.2, -0.15) is 0 Å². The fourth-order valence-corrected chi connectivity index (χ4v) is 4.46. The predicted molar refractivity (Wildman–Crippen MR) is 141 cm³/mol. The standard InChI is InChI=1S/C30H46N2O/c1-4-6-7-8-9-10-11-12-13-14-15-21-30(33)32(22-5-2)26-29-20-17-23-31(29)25-28-19-16-18-27(3)24-28/h5,16-20,23-24H,2,4,6-15,21-22,25-26H2,1,3H3. The summed E-state index contributed by atoms with van der Waals surface area (Å²) in [4.78, 5) is 14.9. The van der Waals surface area contributed by atoms with Gasteiger partial charge in [0, 0.05) is 31.4 Å². The monoisotopic (exact) mass is 450 g/mol. The van der Waals surface area contributed by atoms with Crippen LogP contribution in [0, 0.1) is 6.92 Å². The zero-order valence-corrected chi connectivity index (χ0v) is 21.2. The van der Waals surface area contributed by atoms with Crippen LogP contribution >= 0.6 is 0 Å². The molecule has 2 rings (SSSR count). The number of hydrogen-bond acceptors (Lipinski definition) is 1. The maximum absolute atomic E-state index is 12.9. The molecule has 0 aliphatic heterocycles. The lowest BCUT2D eigenvalue weighted by molar-refractivity contribution is -0.131. The van der Waals surface area contributed by atoms with Crippen molar-refractivity contribution in [2.24, 2.45) is 0 Å². The molecular formula is C30H46N2O. The Morgan fingerprint density at radius 3 is 2.24 bits per heavy atom. The first kappa shape index (κ1) is 27.0. The minimum absolute atomic E-state index is 0.245. The van der Waals surface area contributed by atoms with E-state index in [9.17, 15) is 4.79 Å². The Balaban J connectivity index is 1.71. The van der Waals surface area contributed by atoms with Gasteiger partial charge in [0.25, 0.3) is 0 Å². The normalized spacial score (nSPS) is 11.0. The molecule has 2 aromatic rings. The highest BCUT2D eigenvalue weighted by molar-refractivity contribution is 5.76. The van der Waals surface area contributed by atoms with Crippen LogP contribution in [0.2, 0.25) is 0 Å². The third-order valence-corrected chi connectivity index (χ3v) is 6.41. The van der Waals surface area contributed by atoms with E-state index >= 15 is 0 Å². The van der Waals surface area contributed by atoms with Crippen molar-refractivity contribution in [1.29, 1.82) is 0 Å². The Bertz CT molecular complexity index is 807. The molecule has 1 amide bonds. The summed E-state index contributed by atoms with van der Waals surface area (Å²) in [5.74, 6) is 0.245. The highest BCUT2D eigenvalue weighted by atomic mass is 16.2. The molecule has 3 heteroatoms. The van der Waals surface area contributed by atoms with Gasteiger partial charge < -0.3 is 9.47 Å². The van der Waals surface area contributed by atoms with Crippen LogP contribution in [0.4, 0.5) is 0 Å². The smallest absolute Gasteiger partial charge is 0.223 e. The first-order valence-corrected chi connectivity index (χ1v) is 13.2. The number of amides is 1. The third kappa shape index (κ3) is 10.9. The number of aryl methyl sites for hydroxylation is 1. The molecule has 1 heterocycles. The fraction of sp³-hybridized carbons (Fsp3) is 0.567. The highest BCUT2D eigenvalue weighted by Gasteiger charge is 2.14. The first-order chi connectivity index (χ1) is 16.1. The third-order valence-electron chi connectivity index (χ3n) is 6.41. The van der Waals surface area contributed by atoms with Crippen molar-refractivity contribution in [3.05, 3.63) is 72.1 Å². The van der Waals surface area contributed by atoms with E-state index in [0.717, 1.165) is 19.4 Å². The number of benzene rings is 1. The topological polar surface area (TPSA) is 25.2 Å². The molecule has 0 N–H and O–H groups in total. The molecule has 0 spiro atoms. The number of aromatic nitrogens is 1. The van der Waals surface area contributed by atoms with Gasteiger partial charge in [0.15, 0.2) is 0 Å². The lowest BCUT2D eigenvalue weighted by Crippen LogP contribution is -2.31. The lowest BCUT2D eigenvalue weighted by atomic mass is 10.1. The van der Waals surface area contributed by atoms with Gasteiger partial charge in [0.1, 0.15) is 0 Å². The number of nitrogens with zero attached hydrogens (tertiary/aromatic N) is 2. The second-order valence-corrected chi connectivity index (χ2v) is 9.46. The van der Waals surface area contributed by atoms with E-state index in [1.165, 1.54) is 74.6 Å². The van der Waals surface area contributed by atoms with E-state index in [2.05, 4.69) is 67.6 Å². The maximum atomic E-state index is 12.9. The number of hydrogen-bond donors (Lipinski definition) is 0. The van der Waals surface area contributed by atoms with Gasteiger partial charge in [-0.15, -0.1) is 6.58 Å². The zero-order chi connectivity index (χ0) is 23.7. The van der Waals surface area contributed by atoms with Gasteiger partial charge in [0.05, 0.1) is 6.54 Å². The molecule has 0 fully saturated rings. The molecule has 0 atom stereocenters. The summed E-state index contributed by atoms with van der Waals surface area (Å²) < 4.78 is 2.25. The number of unbranched alkanes of at least 4 members (excludes halogenated alkanes) is 10. The van der Waals surface area contributed by atoms with Crippen molar-refractivity contribution in [2.75, 3.05) is 6.54 Å². The number of rotatable bonds is 18. The highest BCUT2D eigenvalue weighted by Crippen LogP contribution is 2.15. The van der Waals surface area contributed by atoms with Crippen molar-refractivity contribution >= 4 is 5.91 Å². The summed E-state index contributed by atoms with van der Waals surface area (Å²) in [6.07, 6.45) is 18.9. The predicted octanol–water partition coefficient (Wildman–Crippen LogP) is 8.06. The fourth-order valence-electron chi connectivity index (χ4n) is 4.46. The van der Waals surface area contributed by atoms with E-state index in [4.69, 9.17) is 0 Å². The van der Waals surface area contributed by atoms with Crippen LogP contribution in [0.5, 0.6) is 0 Å². The minimum atomic E-state index is 0.245. The molecule has 1 aromatic carbocycles. The molecule has 182 valence electrons. The van der Waals surface area contributed by atoms with Crippen molar-refractivity contribution in [3.63, 3.8) is 0 Å². The largest absolute Gasteiger partial charge is 0.345 e. The summed E-state index contributed by atoms with van der Waals surface area (Å²) in [5, 5.41) is 0. The van der Waals surface area contributed by atoms with Crippen molar-refractivity contribution in [1.82, 2.24) is 9.47 Å². The Labute approximate surface area is 202 Å². The second-order valence-electron chi connectivity index (χ2n) is 9.46. The van der Waals surface area contributed by atoms with E-state index in [0.29, 0.717) is 19.5 Å². The summed E-state index contributed by atoms with van der Waals surface area (Å²) >= 11 is 0. The van der Waals surface area contributed by atoms with Crippen LogP contribution in [0.25, 0.3) is 0 Å². The van der Waals surface area contributed by atoms with E-state index in [-0.39, 0.29) is 5.91 Å². The molecule has 0 aliphatic carbocycles. The van der Waals surface area contributed by atoms with Gasteiger partial charge in [-0.05, 0) is 31.0 Å². The van der Waals surface area contributed by atoms with Gasteiger partial charge in [0.2, 0.25) is 5.91 Å². The molecule has 1 aromatic heterocycles. The quantitative estimate of drug-likeness (QED) is 0.166. The van der Waals surface area contributed by atoms with Crippen molar-refractivity contribution < 1.29 is 4.79 Å². The SMILES string of the molecule is C=CCN(Cc1cccn1Cc1cccc(C)c1)C(=O)CCCCCCCCCCCCC. The van der Waals surface area contributed by atoms with Gasteiger partial charge in [-0.3, -0.25) is 4.79 Å². The summed E-state index contributed by atoms with van der Waals surface area (Å²) in [5.41, 5.74) is 3.73. The maximum Gasteiger partial charge on any atom is 0.223 e. The average molecular weight is 451 g/mol. The van der Waals surface area contributed by atoms with Crippen molar-refractivity contribution in [3.8, 4) is 0 Å². The van der Waals surface area contributed by atoms with Gasteiger partial charge >= 0.3 is 0 Å². The van der Waals surface area contributed by atoms with Gasteiger partial charge in [-0.25, -0.2) is 0 Å². The first-order valence-electron chi connectivity index (χ1n) is 13.2. The molecule has 0 radical (unpaired) electrons. The molecule has 0 saturated carbocycles. The molecule has 33 heavy (non-hydrogen) atoms. The summed E-state index contributed by atoms with van der Waals surface area (Å²) in [6, 6.07) is 12.8.